The van der Waals surface area contributed by atoms with Crippen LogP contribution in [0, 0.1) is 10.1 Å². The van der Waals surface area contributed by atoms with Crippen molar-refractivity contribution in [3.05, 3.63) is 131 Å². The normalized spacial score (nSPS) is 13.8. The summed E-state index contributed by atoms with van der Waals surface area (Å²) in [7, 11) is 2.80. The minimum Gasteiger partial charge on any atom is -0.493 e. The average Bonchev–Trinajstić information content (AvgIpc) is 3.42. The largest absolute Gasteiger partial charge is 0.493 e. The Balaban J connectivity index is 1.57. The molecule has 0 saturated carbocycles. The third kappa shape index (κ3) is 7.41. The molecule has 13 heteroatoms. The number of nitro groups is 1. The van der Waals surface area contributed by atoms with E-state index in [1.807, 2.05) is 19.9 Å². The standard InChI is InChI=1S/C36H35N3O9S/c1-6-9-25-16-23(17-30(44-4)33(25)48-21-22-10-13-26(14-11-22)39(42)43)18-31-34(40)38-32(27(35(41)45-5)20-37-36(38)49-31)24-12-15-28(46-7-2)29(19-24)47-8-3/h6,10-20,32H,1,7-9,21H2,2-5H3/b31-18-/t32-/m0/s1. The van der Waals surface area contributed by atoms with Gasteiger partial charge in [0.15, 0.2) is 27.8 Å². The summed E-state index contributed by atoms with van der Waals surface area (Å²) in [5.41, 5.74) is 2.63. The van der Waals surface area contributed by atoms with Gasteiger partial charge in [-0.3, -0.25) is 19.5 Å². The highest BCUT2D eigenvalue weighted by Crippen LogP contribution is 2.36. The van der Waals surface area contributed by atoms with E-state index in [4.69, 9.17) is 23.7 Å². The quantitative estimate of drug-likeness (QED) is 0.0773. The lowest BCUT2D eigenvalue weighted by Gasteiger charge is -2.23. The topological polar surface area (TPSA) is 141 Å². The SMILES string of the molecule is C=CCc1cc(/C=c2\sc3n(c2=O)[C@@H](c2ccc(OCC)c(OCC)c2)C(C(=O)OC)=CN=3)cc(OC)c1OCc1ccc([N+](=O)[O-])cc1. The Morgan fingerprint density at radius 3 is 2.41 bits per heavy atom. The summed E-state index contributed by atoms with van der Waals surface area (Å²) in [5.74, 6) is 1.35. The van der Waals surface area contributed by atoms with Crippen LogP contribution in [0.4, 0.5) is 5.69 Å². The van der Waals surface area contributed by atoms with Crippen LogP contribution in [0.3, 0.4) is 0 Å². The monoisotopic (exact) mass is 685 g/mol. The molecule has 254 valence electrons. The van der Waals surface area contributed by atoms with Gasteiger partial charge in [-0.2, -0.15) is 0 Å². The molecule has 2 heterocycles. The first-order chi connectivity index (χ1) is 23.7. The van der Waals surface area contributed by atoms with Gasteiger partial charge in [0.25, 0.3) is 11.2 Å². The lowest BCUT2D eigenvalue weighted by molar-refractivity contribution is -0.384. The first-order valence-electron chi connectivity index (χ1n) is 15.4. The summed E-state index contributed by atoms with van der Waals surface area (Å²) in [5, 5.41) is 11.0. The molecule has 1 atom stereocenters. The van der Waals surface area contributed by atoms with Crippen molar-refractivity contribution in [3.63, 3.8) is 0 Å². The van der Waals surface area contributed by atoms with E-state index >= 15 is 0 Å². The Morgan fingerprint density at radius 1 is 1.02 bits per heavy atom. The van der Waals surface area contributed by atoms with Gasteiger partial charge in [0.2, 0.25) is 0 Å². The van der Waals surface area contributed by atoms with Crippen molar-refractivity contribution in [2.75, 3.05) is 27.4 Å². The number of hydrogen-bond donors (Lipinski definition) is 0. The molecule has 49 heavy (non-hydrogen) atoms. The van der Waals surface area contributed by atoms with Gasteiger partial charge in [-0.15, -0.1) is 6.58 Å². The van der Waals surface area contributed by atoms with Crippen molar-refractivity contribution in [1.82, 2.24) is 4.57 Å². The van der Waals surface area contributed by atoms with Crippen molar-refractivity contribution in [1.29, 1.82) is 0 Å². The fourth-order valence-electron chi connectivity index (χ4n) is 5.40. The van der Waals surface area contributed by atoms with E-state index in [0.29, 0.717) is 63.1 Å². The highest BCUT2D eigenvalue weighted by atomic mass is 32.1. The highest BCUT2D eigenvalue weighted by molar-refractivity contribution is 7.07. The third-order valence-corrected chi connectivity index (χ3v) is 8.57. The van der Waals surface area contributed by atoms with E-state index in [-0.39, 0.29) is 23.4 Å². The maximum absolute atomic E-state index is 14.1. The van der Waals surface area contributed by atoms with Crippen LogP contribution in [0.2, 0.25) is 0 Å². The molecule has 0 unspecified atom stereocenters. The number of fused-ring (bicyclic) bond motifs is 1. The summed E-state index contributed by atoms with van der Waals surface area (Å²) < 4.78 is 30.3. The van der Waals surface area contributed by atoms with E-state index in [2.05, 4.69) is 11.6 Å². The van der Waals surface area contributed by atoms with Crippen LogP contribution in [0.1, 0.15) is 42.1 Å². The molecule has 0 N–H and O–H groups in total. The minimum atomic E-state index is -0.832. The number of benzene rings is 3. The Bertz CT molecular complexity index is 2100. The zero-order chi connectivity index (χ0) is 35.1. The van der Waals surface area contributed by atoms with E-state index in [1.54, 1.807) is 48.6 Å². The van der Waals surface area contributed by atoms with E-state index < -0.39 is 16.9 Å². The number of non-ortho nitro benzene ring substituents is 1. The van der Waals surface area contributed by atoms with Gasteiger partial charge >= 0.3 is 5.97 Å². The molecule has 0 saturated heterocycles. The van der Waals surface area contributed by atoms with E-state index in [9.17, 15) is 19.7 Å². The zero-order valence-corrected chi connectivity index (χ0v) is 28.3. The summed E-state index contributed by atoms with van der Waals surface area (Å²) >= 11 is 1.19. The smallest absolute Gasteiger partial charge is 0.337 e. The second kappa shape index (κ2) is 15.5. The fourth-order valence-corrected chi connectivity index (χ4v) is 6.37. The Hall–Kier alpha value is -5.69. The van der Waals surface area contributed by atoms with Gasteiger partial charge in [-0.1, -0.05) is 23.5 Å². The number of allylic oxidation sites excluding steroid dienone is 1. The highest BCUT2D eigenvalue weighted by Gasteiger charge is 2.31. The molecule has 4 aromatic rings. The molecule has 0 fully saturated rings. The molecular formula is C36H35N3O9S. The maximum Gasteiger partial charge on any atom is 0.337 e. The number of carbonyl (C=O) groups excluding carboxylic acids is 1. The molecular weight excluding hydrogens is 650 g/mol. The van der Waals surface area contributed by atoms with Crippen LogP contribution < -0.4 is 33.8 Å². The number of nitro benzene ring substituents is 1. The van der Waals surface area contributed by atoms with Gasteiger partial charge in [0.05, 0.1) is 48.5 Å². The second-order valence-corrected chi connectivity index (χ2v) is 11.7. The van der Waals surface area contributed by atoms with Crippen LogP contribution in [0.15, 0.2) is 88.8 Å². The molecule has 1 aromatic heterocycles. The Kier molecular flexibility index (Phi) is 10.9. The van der Waals surface area contributed by atoms with Crippen molar-refractivity contribution < 1.29 is 33.4 Å². The van der Waals surface area contributed by atoms with Crippen LogP contribution in [0.5, 0.6) is 23.0 Å². The van der Waals surface area contributed by atoms with Gasteiger partial charge in [0, 0.05) is 23.9 Å². The Labute approximate surface area is 286 Å². The number of carbonyl (C=O) groups is 1. The number of ether oxygens (including phenoxy) is 5. The minimum absolute atomic E-state index is 0.00843. The van der Waals surface area contributed by atoms with Gasteiger partial charge in [-0.25, -0.2) is 9.79 Å². The number of aromatic nitrogens is 1. The van der Waals surface area contributed by atoms with Crippen LogP contribution in [-0.4, -0.2) is 42.9 Å². The third-order valence-electron chi connectivity index (χ3n) is 7.57. The van der Waals surface area contributed by atoms with Crippen LogP contribution >= 0.6 is 11.3 Å². The molecule has 0 radical (unpaired) electrons. The fraction of sp³-hybridized carbons (Fsp3) is 0.250. The summed E-state index contributed by atoms with van der Waals surface area (Å²) in [6, 6.07) is 14.2. The van der Waals surface area contributed by atoms with Crippen molar-refractivity contribution in [3.8, 4) is 23.0 Å². The molecule has 3 aromatic carbocycles. The number of hydrogen-bond acceptors (Lipinski definition) is 11. The first kappa shape index (κ1) is 34.6. The van der Waals surface area contributed by atoms with Gasteiger partial charge in [0.1, 0.15) is 6.61 Å². The lowest BCUT2D eigenvalue weighted by atomic mass is 9.97. The summed E-state index contributed by atoms with van der Waals surface area (Å²) in [6.45, 7) is 8.59. The van der Waals surface area contributed by atoms with Crippen LogP contribution in [-0.2, 0) is 22.6 Å². The molecule has 0 bridgehead atoms. The zero-order valence-electron chi connectivity index (χ0n) is 27.5. The first-order valence-corrected chi connectivity index (χ1v) is 16.2. The summed E-state index contributed by atoms with van der Waals surface area (Å²) in [6.07, 6.45) is 5.34. The molecule has 0 aliphatic carbocycles. The second-order valence-electron chi connectivity index (χ2n) is 10.7. The lowest BCUT2D eigenvalue weighted by Crippen LogP contribution is -2.39. The van der Waals surface area contributed by atoms with Gasteiger partial charge < -0.3 is 23.7 Å². The predicted octanol–water partition coefficient (Wildman–Crippen LogP) is 5.04. The van der Waals surface area contributed by atoms with Crippen molar-refractivity contribution >= 4 is 29.1 Å². The molecule has 1 aliphatic heterocycles. The molecule has 0 spiro atoms. The van der Waals surface area contributed by atoms with Crippen molar-refractivity contribution in [2.45, 2.75) is 32.9 Å². The number of esters is 1. The van der Waals surface area contributed by atoms with E-state index in [1.165, 1.54) is 48.5 Å². The molecule has 5 rings (SSSR count). The number of nitrogens with zero attached hydrogens (tertiary/aromatic N) is 3. The predicted molar refractivity (Wildman–Crippen MR) is 184 cm³/mol. The number of methoxy groups -OCH3 is 2. The molecule has 12 nitrogen and oxygen atoms in total. The molecule has 1 aliphatic rings. The average molecular weight is 686 g/mol. The van der Waals surface area contributed by atoms with E-state index in [0.717, 1.165) is 11.1 Å². The maximum atomic E-state index is 14.1. The number of thiazole rings is 1. The van der Waals surface area contributed by atoms with Gasteiger partial charge in [-0.05, 0) is 79.4 Å². The van der Waals surface area contributed by atoms with Crippen LogP contribution in [0.25, 0.3) is 6.08 Å². The Morgan fingerprint density at radius 2 is 1.76 bits per heavy atom. The molecule has 0 amide bonds. The van der Waals surface area contributed by atoms with Crippen molar-refractivity contribution in [2.24, 2.45) is 4.99 Å². The number of rotatable bonds is 14. The summed E-state index contributed by atoms with van der Waals surface area (Å²) in [4.78, 5) is 42.5.